The van der Waals surface area contributed by atoms with E-state index < -0.39 is 0 Å². The molecule has 0 fully saturated rings. The third kappa shape index (κ3) is 2.32. The molecule has 86 valence electrons. The maximum absolute atomic E-state index is 7.78. The molecule has 0 radical (unpaired) electrons. The van der Waals surface area contributed by atoms with Gasteiger partial charge in [-0.25, -0.2) is 0 Å². The summed E-state index contributed by atoms with van der Waals surface area (Å²) in [6.07, 6.45) is 1.87. The number of hydrogen-bond donors (Lipinski definition) is 2. The van der Waals surface area contributed by atoms with Crippen LogP contribution in [0.1, 0.15) is 43.4 Å². The fraction of sp³-hybridized carbons (Fsp3) is 0.357. The van der Waals surface area contributed by atoms with Gasteiger partial charge in [-0.1, -0.05) is 26.5 Å². The monoisotopic (exact) mass is 216 g/mol. The third-order valence-electron chi connectivity index (χ3n) is 2.74. The summed E-state index contributed by atoms with van der Waals surface area (Å²) in [5.74, 6) is 0.442. The molecule has 0 atom stereocenters. The predicted octanol–water partition coefficient (Wildman–Crippen LogP) is 3.88. The van der Waals surface area contributed by atoms with Crippen molar-refractivity contribution in [1.29, 1.82) is 5.41 Å². The van der Waals surface area contributed by atoms with E-state index in [-0.39, 0.29) is 0 Å². The second-order valence-corrected chi connectivity index (χ2v) is 4.26. The minimum Gasteiger partial charge on any atom is -0.388 e. The molecule has 0 heterocycles. The average Bonchev–Trinajstić information content (AvgIpc) is 2.26. The van der Waals surface area contributed by atoms with E-state index in [1.807, 2.05) is 20.0 Å². The summed E-state index contributed by atoms with van der Waals surface area (Å²) in [6, 6.07) is 4.16. The highest BCUT2D eigenvalue weighted by molar-refractivity contribution is 6.02. The van der Waals surface area contributed by atoms with E-state index in [4.69, 9.17) is 5.41 Å². The number of anilines is 1. The average molecular weight is 216 g/mol. The molecule has 0 saturated carbocycles. The molecule has 0 aliphatic heterocycles. The smallest absolute Gasteiger partial charge is 0.0435 e. The fourth-order valence-corrected chi connectivity index (χ4v) is 1.83. The minimum atomic E-state index is 0.442. The second kappa shape index (κ2) is 4.97. The van der Waals surface area contributed by atoms with Crippen LogP contribution in [-0.2, 0) is 0 Å². The van der Waals surface area contributed by atoms with Gasteiger partial charge in [0.25, 0.3) is 0 Å². The Morgan fingerprint density at radius 1 is 1.44 bits per heavy atom. The summed E-state index contributed by atoms with van der Waals surface area (Å²) in [5.41, 5.74) is 4.94. The molecule has 2 nitrogen and oxygen atoms in total. The van der Waals surface area contributed by atoms with Crippen LogP contribution in [0.3, 0.4) is 0 Å². The molecular formula is C14H20N2. The van der Waals surface area contributed by atoms with Gasteiger partial charge < -0.3 is 10.7 Å². The van der Waals surface area contributed by atoms with Gasteiger partial charge in [0.15, 0.2) is 0 Å². The molecule has 0 saturated heterocycles. The zero-order chi connectivity index (χ0) is 12.3. The maximum atomic E-state index is 7.78. The van der Waals surface area contributed by atoms with Gasteiger partial charge in [0.05, 0.1) is 0 Å². The molecule has 2 N–H and O–H groups in total. The Balaban J connectivity index is 3.46. The Morgan fingerprint density at radius 2 is 2.06 bits per heavy atom. The summed E-state index contributed by atoms with van der Waals surface area (Å²) in [5, 5.41) is 10.9. The number of nitrogens with one attached hydrogen (secondary N) is 2. The van der Waals surface area contributed by atoms with Crippen LogP contribution < -0.4 is 5.32 Å². The first kappa shape index (κ1) is 12.5. The highest BCUT2D eigenvalue weighted by Gasteiger charge is 2.11. The van der Waals surface area contributed by atoms with Crippen LogP contribution in [-0.4, -0.2) is 12.8 Å². The molecule has 0 unspecified atom stereocenters. The lowest BCUT2D eigenvalue weighted by Gasteiger charge is -2.16. The highest BCUT2D eigenvalue weighted by Crippen LogP contribution is 2.27. The Kier molecular flexibility index (Phi) is 3.88. The summed E-state index contributed by atoms with van der Waals surface area (Å²) in [4.78, 5) is 0. The first-order chi connectivity index (χ1) is 7.51. The zero-order valence-electron chi connectivity index (χ0n) is 10.5. The van der Waals surface area contributed by atoms with Gasteiger partial charge in [0.2, 0.25) is 0 Å². The molecule has 16 heavy (non-hydrogen) atoms. The van der Waals surface area contributed by atoms with Crippen molar-refractivity contribution in [3.05, 3.63) is 35.4 Å². The molecule has 2 heteroatoms. The molecule has 0 amide bonds. The minimum absolute atomic E-state index is 0.442. The van der Waals surface area contributed by atoms with Gasteiger partial charge in [-0.2, -0.15) is 0 Å². The van der Waals surface area contributed by atoms with Crippen molar-refractivity contribution in [1.82, 2.24) is 0 Å². The van der Waals surface area contributed by atoms with E-state index in [0.717, 1.165) is 16.8 Å². The Labute approximate surface area is 97.9 Å². The van der Waals surface area contributed by atoms with Gasteiger partial charge in [0, 0.05) is 24.0 Å². The van der Waals surface area contributed by atoms with Crippen molar-refractivity contribution in [2.75, 3.05) is 12.4 Å². The quantitative estimate of drug-likeness (QED) is 0.736. The standard InChI is InChI=1S/C14H20N2/c1-6-11-7-14(16-5)13(10(4)15)8-12(11)9(2)3/h6-9,15-16H,1H2,2-5H3. The van der Waals surface area contributed by atoms with Crippen LogP contribution in [0, 0.1) is 5.41 Å². The highest BCUT2D eigenvalue weighted by atomic mass is 14.8. The van der Waals surface area contributed by atoms with Crippen LogP contribution in [0.25, 0.3) is 6.08 Å². The Morgan fingerprint density at radius 3 is 2.44 bits per heavy atom. The number of hydrogen-bond acceptors (Lipinski definition) is 2. The van der Waals surface area contributed by atoms with Gasteiger partial charge in [0.1, 0.15) is 0 Å². The lowest BCUT2D eigenvalue weighted by molar-refractivity contribution is 0.863. The third-order valence-corrected chi connectivity index (χ3v) is 2.74. The summed E-state index contributed by atoms with van der Waals surface area (Å²) >= 11 is 0. The molecule has 1 rings (SSSR count). The summed E-state index contributed by atoms with van der Waals surface area (Å²) in [6.45, 7) is 9.97. The van der Waals surface area contributed by atoms with Crippen molar-refractivity contribution < 1.29 is 0 Å². The van der Waals surface area contributed by atoms with E-state index in [1.165, 1.54) is 5.56 Å². The maximum Gasteiger partial charge on any atom is 0.0435 e. The van der Waals surface area contributed by atoms with E-state index in [0.29, 0.717) is 11.6 Å². The number of rotatable bonds is 4. The molecule has 0 aliphatic carbocycles. The molecule has 0 spiro atoms. The molecule has 0 bridgehead atoms. The molecule has 0 aromatic heterocycles. The molecule has 0 aliphatic rings. The van der Waals surface area contributed by atoms with Gasteiger partial charge in [-0.3, -0.25) is 0 Å². The molecular weight excluding hydrogens is 196 g/mol. The van der Waals surface area contributed by atoms with Crippen molar-refractivity contribution in [2.24, 2.45) is 0 Å². The first-order valence-corrected chi connectivity index (χ1v) is 5.54. The van der Waals surface area contributed by atoms with Crippen LogP contribution in [0.4, 0.5) is 5.69 Å². The van der Waals surface area contributed by atoms with Gasteiger partial charge >= 0.3 is 0 Å². The summed E-state index contributed by atoms with van der Waals surface area (Å²) in [7, 11) is 1.88. The van der Waals surface area contributed by atoms with Crippen LogP contribution in [0.15, 0.2) is 18.7 Å². The topological polar surface area (TPSA) is 35.9 Å². The SMILES string of the molecule is C=Cc1cc(NC)c(C(C)=N)cc1C(C)C. The molecule has 1 aromatic rings. The normalized spacial score (nSPS) is 10.3. The van der Waals surface area contributed by atoms with E-state index in [9.17, 15) is 0 Å². The van der Waals surface area contributed by atoms with Crippen molar-refractivity contribution >= 4 is 17.5 Å². The van der Waals surface area contributed by atoms with E-state index in [1.54, 1.807) is 0 Å². The van der Waals surface area contributed by atoms with E-state index in [2.05, 4.69) is 37.9 Å². The van der Waals surface area contributed by atoms with Crippen molar-refractivity contribution in [3.8, 4) is 0 Å². The lowest BCUT2D eigenvalue weighted by atomic mass is 9.92. The predicted molar refractivity (Wildman–Crippen MR) is 72.7 cm³/mol. The Bertz CT molecular complexity index is 417. The second-order valence-electron chi connectivity index (χ2n) is 4.26. The molecule has 1 aromatic carbocycles. The number of benzene rings is 1. The lowest BCUT2D eigenvalue weighted by Crippen LogP contribution is -2.04. The van der Waals surface area contributed by atoms with Gasteiger partial charge in [-0.15, -0.1) is 0 Å². The zero-order valence-corrected chi connectivity index (χ0v) is 10.5. The Hall–Kier alpha value is -1.57. The largest absolute Gasteiger partial charge is 0.388 e. The van der Waals surface area contributed by atoms with Gasteiger partial charge in [-0.05, 0) is 36.1 Å². The first-order valence-electron chi connectivity index (χ1n) is 5.54. The van der Waals surface area contributed by atoms with E-state index >= 15 is 0 Å². The fourth-order valence-electron chi connectivity index (χ4n) is 1.83. The van der Waals surface area contributed by atoms with Crippen LogP contribution >= 0.6 is 0 Å². The van der Waals surface area contributed by atoms with Crippen LogP contribution in [0.2, 0.25) is 0 Å². The van der Waals surface area contributed by atoms with Crippen LogP contribution in [0.5, 0.6) is 0 Å². The van der Waals surface area contributed by atoms with Crippen molar-refractivity contribution in [2.45, 2.75) is 26.7 Å². The van der Waals surface area contributed by atoms with Crippen molar-refractivity contribution in [3.63, 3.8) is 0 Å². The summed E-state index contributed by atoms with van der Waals surface area (Å²) < 4.78 is 0.